The van der Waals surface area contributed by atoms with Gasteiger partial charge >= 0.3 is 0 Å². The molecule has 1 aliphatic heterocycles. The molecule has 0 amide bonds. The van der Waals surface area contributed by atoms with Crippen LogP contribution in [0.3, 0.4) is 0 Å². The highest BCUT2D eigenvalue weighted by molar-refractivity contribution is 5.45. The van der Waals surface area contributed by atoms with Crippen molar-refractivity contribution in [1.29, 1.82) is 0 Å². The normalized spacial score (nSPS) is 17.8. The van der Waals surface area contributed by atoms with Gasteiger partial charge < -0.3 is 9.80 Å². The summed E-state index contributed by atoms with van der Waals surface area (Å²) in [5.41, 5.74) is 0.643. The Bertz CT molecular complexity index is 787. The summed E-state index contributed by atoms with van der Waals surface area (Å²) in [6, 6.07) is 8.13. The van der Waals surface area contributed by atoms with E-state index in [4.69, 9.17) is 0 Å². The fraction of sp³-hybridized carbons (Fsp3) is 0.429. The average molecular weight is 311 g/mol. The quantitative estimate of drug-likeness (QED) is 0.685. The second kappa shape index (κ2) is 5.75. The molecule has 1 aliphatic rings. The molecule has 4 heterocycles. The van der Waals surface area contributed by atoms with Crippen LogP contribution in [0.2, 0.25) is 0 Å². The van der Waals surface area contributed by atoms with E-state index in [9.17, 15) is 0 Å². The zero-order chi connectivity index (χ0) is 15.6. The zero-order valence-electron chi connectivity index (χ0n) is 12.8. The Morgan fingerprint density at radius 1 is 1.26 bits per heavy atom. The summed E-state index contributed by atoms with van der Waals surface area (Å²) >= 11 is 0. The van der Waals surface area contributed by atoms with E-state index >= 15 is 0 Å². The van der Waals surface area contributed by atoms with Gasteiger partial charge in [0.25, 0.3) is 0 Å². The fourth-order valence-electron chi connectivity index (χ4n) is 3.03. The van der Waals surface area contributed by atoms with Gasteiger partial charge in [-0.2, -0.15) is 5.10 Å². The number of hydrogen-bond acceptors (Lipinski definition) is 8. The number of rotatable bonds is 4. The van der Waals surface area contributed by atoms with Crippen LogP contribution in [0.4, 0.5) is 11.6 Å². The first-order valence-electron chi connectivity index (χ1n) is 7.62. The van der Waals surface area contributed by atoms with Crippen molar-refractivity contribution < 1.29 is 0 Å². The van der Waals surface area contributed by atoms with Crippen molar-refractivity contribution in [3.8, 4) is 0 Å². The number of likely N-dealkylation sites (N-methyl/N-ethyl adjacent to an activating group) is 1. The van der Waals surface area contributed by atoms with Crippen LogP contribution in [0, 0.1) is 0 Å². The van der Waals surface area contributed by atoms with Gasteiger partial charge in [0, 0.05) is 32.4 Å². The van der Waals surface area contributed by atoms with Gasteiger partial charge in [-0.25, -0.2) is 0 Å². The van der Waals surface area contributed by atoms with Gasteiger partial charge in [-0.3, -0.25) is 0 Å². The standard InChI is InChI=1S/C14H17N9/c1-21(14-7-6-13-17-19-20-23(13)18-14)10-11-4-3-9-22(11)12-5-2-8-15-16-12/h2,5-8,11H,3-4,9-10H2,1H3/t11-/m1/s1. The summed E-state index contributed by atoms with van der Waals surface area (Å²) in [7, 11) is 2.03. The highest BCUT2D eigenvalue weighted by atomic mass is 15.6. The van der Waals surface area contributed by atoms with Crippen LogP contribution >= 0.6 is 0 Å². The lowest BCUT2D eigenvalue weighted by Crippen LogP contribution is -2.39. The molecule has 3 aromatic rings. The molecule has 118 valence electrons. The monoisotopic (exact) mass is 311 g/mol. The maximum atomic E-state index is 4.43. The SMILES string of the molecule is CN(C[C@H]1CCCN1c1cccnn1)c1ccc2nnnn2n1. The van der Waals surface area contributed by atoms with E-state index in [1.807, 2.05) is 31.3 Å². The summed E-state index contributed by atoms with van der Waals surface area (Å²) in [6.07, 6.45) is 3.99. The molecule has 4 rings (SSSR count). The molecule has 23 heavy (non-hydrogen) atoms. The van der Waals surface area contributed by atoms with E-state index < -0.39 is 0 Å². The van der Waals surface area contributed by atoms with Crippen molar-refractivity contribution >= 4 is 17.3 Å². The van der Waals surface area contributed by atoms with Gasteiger partial charge in [-0.1, -0.05) is 0 Å². The molecule has 0 spiro atoms. The Morgan fingerprint density at radius 2 is 2.22 bits per heavy atom. The molecule has 0 N–H and O–H groups in total. The van der Waals surface area contributed by atoms with Crippen molar-refractivity contribution in [3.63, 3.8) is 0 Å². The molecule has 9 nitrogen and oxygen atoms in total. The topological polar surface area (TPSA) is 88.2 Å². The highest BCUT2D eigenvalue weighted by Crippen LogP contribution is 2.24. The van der Waals surface area contributed by atoms with Gasteiger partial charge in [0.1, 0.15) is 0 Å². The van der Waals surface area contributed by atoms with Gasteiger partial charge in [0.15, 0.2) is 17.3 Å². The Hall–Kier alpha value is -2.84. The van der Waals surface area contributed by atoms with Crippen LogP contribution in [-0.4, -0.2) is 61.6 Å². The highest BCUT2D eigenvalue weighted by Gasteiger charge is 2.27. The van der Waals surface area contributed by atoms with Crippen molar-refractivity contribution in [3.05, 3.63) is 30.5 Å². The Morgan fingerprint density at radius 3 is 3.09 bits per heavy atom. The van der Waals surface area contributed by atoms with Crippen LogP contribution in [0.5, 0.6) is 0 Å². The van der Waals surface area contributed by atoms with Crippen molar-refractivity contribution in [2.24, 2.45) is 0 Å². The lowest BCUT2D eigenvalue weighted by atomic mass is 10.2. The molecular weight excluding hydrogens is 294 g/mol. The molecule has 0 bridgehead atoms. The second-order valence-electron chi connectivity index (χ2n) is 5.67. The first-order chi connectivity index (χ1) is 11.3. The van der Waals surface area contributed by atoms with Crippen molar-refractivity contribution in [2.45, 2.75) is 18.9 Å². The first kappa shape index (κ1) is 13.8. The molecule has 0 unspecified atom stereocenters. The van der Waals surface area contributed by atoms with Crippen LogP contribution in [-0.2, 0) is 0 Å². The summed E-state index contributed by atoms with van der Waals surface area (Å²) in [5.74, 6) is 1.78. The summed E-state index contributed by atoms with van der Waals surface area (Å²) in [5, 5.41) is 24.0. The predicted octanol–water partition coefficient (Wildman–Crippen LogP) is 0.414. The molecule has 1 saturated heterocycles. The van der Waals surface area contributed by atoms with E-state index in [0.29, 0.717) is 11.7 Å². The van der Waals surface area contributed by atoms with E-state index in [0.717, 1.165) is 37.6 Å². The minimum absolute atomic E-state index is 0.392. The molecule has 0 aromatic carbocycles. The molecule has 0 saturated carbocycles. The first-order valence-corrected chi connectivity index (χ1v) is 7.62. The Balaban J connectivity index is 1.52. The molecule has 3 aromatic heterocycles. The Kier molecular flexibility index (Phi) is 3.45. The lowest BCUT2D eigenvalue weighted by Gasteiger charge is -2.29. The molecule has 0 radical (unpaired) electrons. The predicted molar refractivity (Wildman–Crippen MR) is 84.2 cm³/mol. The minimum Gasteiger partial charge on any atom is -0.356 e. The molecular formula is C14H17N9. The summed E-state index contributed by atoms with van der Waals surface area (Å²) in [4.78, 5) is 4.44. The third-order valence-corrected chi connectivity index (χ3v) is 4.16. The van der Waals surface area contributed by atoms with Crippen molar-refractivity contribution in [2.75, 3.05) is 29.9 Å². The third-order valence-electron chi connectivity index (χ3n) is 4.16. The van der Waals surface area contributed by atoms with Crippen LogP contribution in [0.25, 0.3) is 5.65 Å². The molecule has 1 atom stereocenters. The van der Waals surface area contributed by atoms with Gasteiger partial charge in [-0.05, 0) is 47.5 Å². The maximum absolute atomic E-state index is 4.43. The lowest BCUT2D eigenvalue weighted by molar-refractivity contribution is 0.635. The molecule has 9 heteroatoms. The van der Waals surface area contributed by atoms with E-state index in [1.54, 1.807) is 6.20 Å². The van der Waals surface area contributed by atoms with Gasteiger partial charge in [-0.15, -0.1) is 19.9 Å². The smallest absolute Gasteiger partial charge is 0.200 e. The van der Waals surface area contributed by atoms with Crippen LogP contribution < -0.4 is 9.80 Å². The van der Waals surface area contributed by atoms with E-state index in [-0.39, 0.29) is 0 Å². The number of aromatic nitrogens is 7. The zero-order valence-corrected chi connectivity index (χ0v) is 12.8. The van der Waals surface area contributed by atoms with Crippen molar-refractivity contribution in [1.82, 2.24) is 35.5 Å². The van der Waals surface area contributed by atoms with E-state index in [2.05, 4.69) is 40.6 Å². The number of nitrogens with zero attached hydrogens (tertiary/aromatic N) is 9. The Labute approximate surface area is 132 Å². The average Bonchev–Trinajstić information content (AvgIpc) is 3.23. The molecule has 1 fully saturated rings. The number of hydrogen-bond donors (Lipinski definition) is 0. The minimum atomic E-state index is 0.392. The largest absolute Gasteiger partial charge is 0.356 e. The second-order valence-corrected chi connectivity index (χ2v) is 5.67. The summed E-state index contributed by atoms with van der Waals surface area (Å²) < 4.78 is 1.45. The number of fused-ring (bicyclic) bond motifs is 1. The number of anilines is 2. The van der Waals surface area contributed by atoms with Crippen LogP contribution in [0.15, 0.2) is 30.5 Å². The fourth-order valence-corrected chi connectivity index (χ4v) is 3.03. The van der Waals surface area contributed by atoms with E-state index in [1.165, 1.54) is 4.63 Å². The van der Waals surface area contributed by atoms with Crippen LogP contribution in [0.1, 0.15) is 12.8 Å². The third kappa shape index (κ3) is 2.65. The van der Waals surface area contributed by atoms with Gasteiger partial charge in [0.05, 0.1) is 0 Å². The summed E-state index contributed by atoms with van der Waals surface area (Å²) in [6.45, 7) is 1.87. The van der Waals surface area contributed by atoms with Gasteiger partial charge in [0.2, 0.25) is 0 Å². The maximum Gasteiger partial charge on any atom is 0.200 e. The number of tetrazole rings is 1. The molecule has 0 aliphatic carbocycles.